The van der Waals surface area contributed by atoms with Crippen LogP contribution in [0.3, 0.4) is 0 Å². The van der Waals surface area contributed by atoms with Crippen molar-refractivity contribution in [1.82, 2.24) is 10.6 Å². The summed E-state index contributed by atoms with van der Waals surface area (Å²) in [5.74, 6) is -1.35. The molecule has 2 aromatic carbocycles. The number of amides is 3. The first-order valence-electron chi connectivity index (χ1n) is 7.37. The molecule has 1 atom stereocenters. The molecule has 0 aliphatic carbocycles. The molecule has 0 aromatic heterocycles. The Morgan fingerprint density at radius 3 is 2.21 bits per heavy atom. The number of esters is 1. The maximum absolute atomic E-state index is 12.4. The van der Waals surface area contributed by atoms with Gasteiger partial charge in [0.25, 0.3) is 5.91 Å². The lowest BCUT2D eigenvalue weighted by Gasteiger charge is -2.18. The Morgan fingerprint density at radius 1 is 0.958 bits per heavy atom. The van der Waals surface area contributed by atoms with E-state index in [4.69, 9.17) is 4.74 Å². The summed E-state index contributed by atoms with van der Waals surface area (Å²) >= 11 is 0. The third-order valence-electron chi connectivity index (χ3n) is 3.39. The van der Waals surface area contributed by atoms with Gasteiger partial charge in [-0.3, -0.25) is 10.1 Å². The number of ether oxygens (including phenoxy) is 1. The van der Waals surface area contributed by atoms with E-state index in [-0.39, 0.29) is 0 Å². The van der Waals surface area contributed by atoms with Crippen LogP contribution in [0.15, 0.2) is 54.6 Å². The van der Waals surface area contributed by atoms with Gasteiger partial charge in [0.15, 0.2) is 0 Å². The van der Waals surface area contributed by atoms with E-state index in [1.165, 1.54) is 7.05 Å². The van der Waals surface area contributed by atoms with Gasteiger partial charge in [0.1, 0.15) is 0 Å². The van der Waals surface area contributed by atoms with Gasteiger partial charge in [0.05, 0.1) is 5.56 Å². The molecule has 0 aliphatic rings. The summed E-state index contributed by atoms with van der Waals surface area (Å²) < 4.78 is 5.38. The highest BCUT2D eigenvalue weighted by atomic mass is 16.5. The summed E-state index contributed by atoms with van der Waals surface area (Å²) in [5, 5.41) is 4.42. The molecule has 2 aromatic rings. The number of aryl methyl sites for hydroxylation is 1. The second-order valence-corrected chi connectivity index (χ2v) is 5.08. The minimum atomic E-state index is -1.23. The number of hydrogen-bond acceptors (Lipinski definition) is 4. The molecule has 124 valence electrons. The molecule has 0 fully saturated rings. The second-order valence-electron chi connectivity index (χ2n) is 5.08. The number of imide groups is 1. The van der Waals surface area contributed by atoms with Crippen molar-refractivity contribution in [3.8, 4) is 0 Å². The molecular weight excluding hydrogens is 308 g/mol. The third-order valence-corrected chi connectivity index (χ3v) is 3.39. The van der Waals surface area contributed by atoms with E-state index in [9.17, 15) is 14.4 Å². The zero-order chi connectivity index (χ0) is 17.5. The van der Waals surface area contributed by atoms with Crippen molar-refractivity contribution in [2.75, 3.05) is 7.05 Å². The van der Waals surface area contributed by atoms with E-state index in [0.717, 1.165) is 5.56 Å². The van der Waals surface area contributed by atoms with Crippen molar-refractivity contribution < 1.29 is 19.1 Å². The van der Waals surface area contributed by atoms with Crippen LogP contribution in [0.1, 0.15) is 27.6 Å². The number of rotatable bonds is 4. The molecule has 2 N–H and O–H groups in total. The second kappa shape index (κ2) is 7.92. The van der Waals surface area contributed by atoms with Crippen LogP contribution < -0.4 is 10.6 Å². The average Bonchev–Trinajstić information content (AvgIpc) is 2.60. The summed E-state index contributed by atoms with van der Waals surface area (Å²) in [6.07, 6.45) is -1.23. The first-order valence-corrected chi connectivity index (χ1v) is 7.37. The molecule has 6 nitrogen and oxygen atoms in total. The Balaban J connectivity index is 2.26. The largest absolute Gasteiger partial charge is 0.444 e. The molecule has 2 rings (SSSR count). The van der Waals surface area contributed by atoms with E-state index in [0.29, 0.717) is 11.1 Å². The van der Waals surface area contributed by atoms with Gasteiger partial charge in [0, 0.05) is 12.6 Å². The Bertz CT molecular complexity index is 744. The van der Waals surface area contributed by atoms with Crippen LogP contribution in [0.5, 0.6) is 0 Å². The lowest BCUT2D eigenvalue weighted by atomic mass is 10.1. The van der Waals surface area contributed by atoms with Crippen LogP contribution in [-0.4, -0.2) is 25.0 Å². The molecule has 0 saturated carbocycles. The molecule has 0 radical (unpaired) electrons. The quantitative estimate of drug-likeness (QED) is 0.845. The predicted molar refractivity (Wildman–Crippen MR) is 88.4 cm³/mol. The van der Waals surface area contributed by atoms with Crippen molar-refractivity contribution in [3.05, 3.63) is 71.3 Å². The van der Waals surface area contributed by atoms with Gasteiger partial charge in [-0.05, 0) is 18.6 Å². The topological polar surface area (TPSA) is 84.5 Å². The van der Waals surface area contributed by atoms with E-state index < -0.39 is 24.0 Å². The maximum atomic E-state index is 12.4. The summed E-state index contributed by atoms with van der Waals surface area (Å²) in [5.41, 5.74) is 1.58. The number of urea groups is 1. The van der Waals surface area contributed by atoms with Gasteiger partial charge in [-0.2, -0.15) is 0 Å². The van der Waals surface area contributed by atoms with E-state index in [1.807, 2.05) is 0 Å². The molecule has 0 spiro atoms. The van der Waals surface area contributed by atoms with Crippen molar-refractivity contribution in [2.24, 2.45) is 0 Å². The molecule has 6 heteroatoms. The number of nitrogens with one attached hydrogen (secondary N) is 2. The van der Waals surface area contributed by atoms with Gasteiger partial charge in [-0.25, -0.2) is 9.59 Å². The third kappa shape index (κ3) is 4.19. The Hall–Kier alpha value is -3.15. The highest BCUT2D eigenvalue weighted by Crippen LogP contribution is 2.20. The molecular formula is C18H18N2O4. The van der Waals surface area contributed by atoms with Crippen molar-refractivity contribution >= 4 is 17.9 Å². The molecule has 0 heterocycles. The normalized spacial score (nSPS) is 11.2. The van der Waals surface area contributed by atoms with E-state index >= 15 is 0 Å². The molecule has 0 aliphatic heterocycles. The molecule has 3 amide bonds. The minimum absolute atomic E-state index is 0.367. The first kappa shape index (κ1) is 17.2. The minimum Gasteiger partial charge on any atom is -0.444 e. The fourth-order valence-corrected chi connectivity index (χ4v) is 2.11. The van der Waals surface area contributed by atoms with Crippen LogP contribution in [0.4, 0.5) is 4.79 Å². The predicted octanol–water partition coefficient (Wildman–Crippen LogP) is 2.35. The first-order chi connectivity index (χ1) is 11.5. The molecule has 24 heavy (non-hydrogen) atoms. The Morgan fingerprint density at radius 2 is 1.58 bits per heavy atom. The zero-order valence-corrected chi connectivity index (χ0v) is 13.4. The molecule has 0 unspecified atom stereocenters. The summed E-state index contributed by atoms with van der Waals surface area (Å²) in [4.78, 5) is 36.1. The summed E-state index contributed by atoms with van der Waals surface area (Å²) in [6, 6.07) is 14.8. The van der Waals surface area contributed by atoms with Gasteiger partial charge in [-0.15, -0.1) is 0 Å². The number of hydrogen-bond donors (Lipinski definition) is 2. The van der Waals surface area contributed by atoms with Crippen molar-refractivity contribution in [1.29, 1.82) is 0 Å². The monoisotopic (exact) mass is 326 g/mol. The van der Waals surface area contributed by atoms with Gasteiger partial charge < -0.3 is 10.1 Å². The smallest absolute Gasteiger partial charge is 0.339 e. The number of benzene rings is 2. The summed E-state index contributed by atoms with van der Waals surface area (Å²) in [6.45, 7) is 1.78. The number of carbonyl (C=O) groups is 3. The lowest BCUT2D eigenvalue weighted by Crippen LogP contribution is -2.41. The van der Waals surface area contributed by atoms with Gasteiger partial charge in [-0.1, -0.05) is 48.5 Å². The Kier molecular flexibility index (Phi) is 5.68. The standard InChI is InChI=1S/C18H18N2O4/c1-12-8-6-7-11-14(12)17(22)24-15(13-9-4-3-5-10-13)16(21)20-18(23)19-2/h3-11,15H,1-2H3,(H2,19,20,21,23)/t15-/m0/s1. The van der Waals surface area contributed by atoms with Crippen LogP contribution in [0.25, 0.3) is 0 Å². The molecule has 0 saturated heterocycles. The SMILES string of the molecule is CNC(=O)NC(=O)[C@@H](OC(=O)c1ccccc1C)c1ccccc1. The van der Waals surface area contributed by atoms with Crippen LogP contribution in [0, 0.1) is 6.92 Å². The van der Waals surface area contributed by atoms with E-state index in [1.54, 1.807) is 61.5 Å². The van der Waals surface area contributed by atoms with Crippen LogP contribution in [0.2, 0.25) is 0 Å². The fourth-order valence-electron chi connectivity index (χ4n) is 2.11. The Labute approximate surface area is 139 Å². The van der Waals surface area contributed by atoms with Gasteiger partial charge in [0.2, 0.25) is 6.10 Å². The highest BCUT2D eigenvalue weighted by molar-refractivity contribution is 5.99. The van der Waals surface area contributed by atoms with Crippen LogP contribution in [-0.2, 0) is 9.53 Å². The zero-order valence-electron chi connectivity index (χ0n) is 13.4. The highest BCUT2D eigenvalue weighted by Gasteiger charge is 2.27. The van der Waals surface area contributed by atoms with Crippen molar-refractivity contribution in [2.45, 2.75) is 13.0 Å². The van der Waals surface area contributed by atoms with Crippen molar-refractivity contribution in [3.63, 3.8) is 0 Å². The van der Waals surface area contributed by atoms with E-state index in [2.05, 4.69) is 10.6 Å². The van der Waals surface area contributed by atoms with Gasteiger partial charge >= 0.3 is 12.0 Å². The summed E-state index contributed by atoms with van der Waals surface area (Å²) in [7, 11) is 1.39. The number of carbonyl (C=O) groups excluding carboxylic acids is 3. The lowest BCUT2D eigenvalue weighted by molar-refractivity contribution is -0.129. The fraction of sp³-hybridized carbons (Fsp3) is 0.167. The maximum Gasteiger partial charge on any atom is 0.339 e. The van der Waals surface area contributed by atoms with Crippen LogP contribution >= 0.6 is 0 Å². The average molecular weight is 326 g/mol. The molecule has 0 bridgehead atoms.